The molecule has 1 aromatic carbocycles. The number of benzene rings is 1. The molecule has 0 spiro atoms. The van der Waals surface area contributed by atoms with E-state index in [0.29, 0.717) is 5.92 Å². The molecular weight excluding hydrogens is 336 g/mol. The Balaban J connectivity index is 1.40. The van der Waals surface area contributed by atoms with Gasteiger partial charge in [0.05, 0.1) is 5.69 Å². The Labute approximate surface area is 161 Å². The van der Waals surface area contributed by atoms with E-state index in [2.05, 4.69) is 40.3 Å². The van der Waals surface area contributed by atoms with Crippen LogP contribution in [0.2, 0.25) is 0 Å². The van der Waals surface area contributed by atoms with Crippen LogP contribution in [-0.2, 0) is 6.54 Å². The number of pyridine rings is 1. The summed E-state index contributed by atoms with van der Waals surface area (Å²) in [6.07, 6.45) is 2.97. The highest BCUT2D eigenvalue weighted by atomic mass is 16.2. The van der Waals surface area contributed by atoms with Crippen molar-refractivity contribution < 1.29 is 4.79 Å². The summed E-state index contributed by atoms with van der Waals surface area (Å²) < 4.78 is 0. The number of nitrogens with one attached hydrogen (secondary N) is 1. The lowest BCUT2D eigenvalue weighted by Gasteiger charge is -2.35. The van der Waals surface area contributed by atoms with Gasteiger partial charge in [-0.1, -0.05) is 24.3 Å². The summed E-state index contributed by atoms with van der Waals surface area (Å²) in [7, 11) is 0. The van der Waals surface area contributed by atoms with Crippen molar-refractivity contribution in [1.82, 2.24) is 20.1 Å². The molecule has 1 amide bonds. The third kappa shape index (κ3) is 4.04. The van der Waals surface area contributed by atoms with Crippen LogP contribution in [0.1, 0.15) is 39.5 Å². The minimum Gasteiger partial charge on any atom is -0.336 e. The maximum absolute atomic E-state index is 13.2. The largest absolute Gasteiger partial charge is 0.336 e. The number of aryl methyl sites for hydroxylation is 1. The number of piperazine rings is 1. The molecule has 0 radical (unpaired) electrons. The summed E-state index contributed by atoms with van der Waals surface area (Å²) in [5, 5.41) is 3.41. The molecule has 142 valence electrons. The Bertz CT molecular complexity index is 792. The molecule has 0 saturated carbocycles. The molecular formula is C22H28N4O. The Kier molecular flexibility index (Phi) is 5.50. The first-order chi connectivity index (χ1) is 13.2. The van der Waals surface area contributed by atoms with Gasteiger partial charge in [-0.2, -0.15) is 0 Å². The van der Waals surface area contributed by atoms with E-state index >= 15 is 0 Å². The zero-order valence-corrected chi connectivity index (χ0v) is 16.0. The number of carbonyl (C=O) groups excluding carboxylic acids is 1. The van der Waals surface area contributed by atoms with Crippen molar-refractivity contribution in [2.24, 2.45) is 0 Å². The average Bonchev–Trinajstić information content (AvgIpc) is 3.24. The topological polar surface area (TPSA) is 48.5 Å². The van der Waals surface area contributed by atoms with E-state index in [9.17, 15) is 4.79 Å². The van der Waals surface area contributed by atoms with Gasteiger partial charge in [0.15, 0.2) is 0 Å². The first kappa shape index (κ1) is 18.1. The van der Waals surface area contributed by atoms with Crippen LogP contribution >= 0.6 is 0 Å². The quantitative estimate of drug-likeness (QED) is 0.905. The van der Waals surface area contributed by atoms with Crippen LogP contribution in [0.15, 0.2) is 42.6 Å². The molecule has 2 fully saturated rings. The fourth-order valence-electron chi connectivity index (χ4n) is 4.14. The molecule has 2 saturated heterocycles. The van der Waals surface area contributed by atoms with Gasteiger partial charge in [-0.3, -0.25) is 14.7 Å². The summed E-state index contributed by atoms with van der Waals surface area (Å²) in [6.45, 7) is 8.34. The summed E-state index contributed by atoms with van der Waals surface area (Å²) in [5.41, 5.74) is 4.46. The maximum atomic E-state index is 13.2. The molecule has 3 heterocycles. The number of amides is 1. The molecule has 1 aromatic heterocycles. The van der Waals surface area contributed by atoms with E-state index in [4.69, 9.17) is 0 Å². The van der Waals surface area contributed by atoms with Gasteiger partial charge in [-0.25, -0.2) is 0 Å². The summed E-state index contributed by atoms with van der Waals surface area (Å²) in [5.74, 6) is 0.643. The van der Waals surface area contributed by atoms with Gasteiger partial charge in [0.1, 0.15) is 0 Å². The minimum absolute atomic E-state index is 0.186. The van der Waals surface area contributed by atoms with Crippen LogP contribution in [0, 0.1) is 6.92 Å². The Morgan fingerprint density at radius 2 is 1.96 bits per heavy atom. The van der Waals surface area contributed by atoms with Crippen molar-refractivity contribution >= 4 is 5.91 Å². The zero-order chi connectivity index (χ0) is 18.6. The summed E-state index contributed by atoms with van der Waals surface area (Å²) >= 11 is 0. The number of aromatic nitrogens is 1. The molecule has 2 aliphatic rings. The van der Waals surface area contributed by atoms with Gasteiger partial charge in [-0.15, -0.1) is 0 Å². The van der Waals surface area contributed by atoms with E-state index in [1.807, 2.05) is 29.3 Å². The molecule has 0 bridgehead atoms. The van der Waals surface area contributed by atoms with E-state index < -0.39 is 0 Å². The minimum atomic E-state index is 0.186. The van der Waals surface area contributed by atoms with Gasteiger partial charge in [0, 0.05) is 51.0 Å². The van der Waals surface area contributed by atoms with Gasteiger partial charge >= 0.3 is 0 Å². The first-order valence-electron chi connectivity index (χ1n) is 9.94. The van der Waals surface area contributed by atoms with E-state index in [0.717, 1.165) is 63.5 Å². The molecule has 0 aliphatic carbocycles. The number of nitrogens with zero attached hydrogens (tertiary/aromatic N) is 3. The monoisotopic (exact) mass is 364 g/mol. The van der Waals surface area contributed by atoms with Crippen LogP contribution in [0.4, 0.5) is 0 Å². The van der Waals surface area contributed by atoms with Crippen LogP contribution < -0.4 is 5.32 Å². The molecule has 27 heavy (non-hydrogen) atoms. The molecule has 1 atom stereocenters. The third-order valence-electron chi connectivity index (χ3n) is 5.84. The SMILES string of the molecule is Cc1cccnc1CN1CCN(C(=O)c2ccccc2[C@@H]2CCNC2)CC1. The highest BCUT2D eigenvalue weighted by Crippen LogP contribution is 2.26. The van der Waals surface area contributed by atoms with Gasteiger partial charge in [0.25, 0.3) is 5.91 Å². The van der Waals surface area contributed by atoms with E-state index in [1.54, 1.807) is 0 Å². The van der Waals surface area contributed by atoms with Crippen LogP contribution in [-0.4, -0.2) is 60.0 Å². The predicted octanol–water partition coefficient (Wildman–Crippen LogP) is 2.42. The number of hydrogen-bond donors (Lipinski definition) is 1. The van der Waals surface area contributed by atoms with Gasteiger partial charge < -0.3 is 10.2 Å². The van der Waals surface area contributed by atoms with Crippen molar-refractivity contribution in [3.8, 4) is 0 Å². The lowest BCUT2D eigenvalue weighted by Crippen LogP contribution is -2.48. The molecule has 1 N–H and O–H groups in total. The van der Waals surface area contributed by atoms with Crippen molar-refractivity contribution in [2.75, 3.05) is 39.3 Å². The smallest absolute Gasteiger partial charge is 0.254 e. The summed E-state index contributed by atoms with van der Waals surface area (Å²) in [6, 6.07) is 12.3. The Hall–Kier alpha value is -2.24. The Morgan fingerprint density at radius 3 is 2.70 bits per heavy atom. The maximum Gasteiger partial charge on any atom is 0.254 e. The second-order valence-electron chi connectivity index (χ2n) is 7.61. The number of rotatable bonds is 4. The lowest BCUT2D eigenvalue weighted by molar-refractivity contribution is 0.0625. The lowest BCUT2D eigenvalue weighted by atomic mass is 9.93. The van der Waals surface area contributed by atoms with Gasteiger partial charge in [0.2, 0.25) is 0 Å². The standard InChI is InChI=1S/C22H28N4O/c1-17-5-4-9-24-21(17)16-25-11-13-26(14-12-25)22(27)20-7-3-2-6-19(20)18-8-10-23-15-18/h2-7,9,18,23H,8,10-16H2,1H3/t18-/m1/s1. The molecule has 5 heteroatoms. The van der Waals surface area contributed by atoms with E-state index in [1.165, 1.54) is 11.1 Å². The van der Waals surface area contributed by atoms with Crippen LogP contribution in [0.25, 0.3) is 0 Å². The van der Waals surface area contributed by atoms with Crippen molar-refractivity contribution in [3.63, 3.8) is 0 Å². The zero-order valence-electron chi connectivity index (χ0n) is 16.0. The molecule has 2 aliphatic heterocycles. The molecule has 4 rings (SSSR count). The van der Waals surface area contributed by atoms with Crippen molar-refractivity contribution in [3.05, 3.63) is 65.0 Å². The molecule has 5 nitrogen and oxygen atoms in total. The molecule has 0 unspecified atom stereocenters. The normalized spacial score (nSPS) is 20.8. The first-order valence-corrected chi connectivity index (χ1v) is 9.94. The van der Waals surface area contributed by atoms with Gasteiger partial charge in [-0.05, 0) is 49.1 Å². The Morgan fingerprint density at radius 1 is 1.15 bits per heavy atom. The highest BCUT2D eigenvalue weighted by Gasteiger charge is 2.27. The van der Waals surface area contributed by atoms with Crippen LogP contribution in [0.3, 0.4) is 0 Å². The molecule has 2 aromatic rings. The average molecular weight is 364 g/mol. The second kappa shape index (κ2) is 8.19. The third-order valence-corrected chi connectivity index (χ3v) is 5.84. The van der Waals surface area contributed by atoms with Crippen molar-refractivity contribution in [1.29, 1.82) is 0 Å². The number of hydrogen-bond acceptors (Lipinski definition) is 4. The summed E-state index contributed by atoms with van der Waals surface area (Å²) in [4.78, 5) is 22.1. The number of carbonyl (C=O) groups is 1. The van der Waals surface area contributed by atoms with Crippen molar-refractivity contribution in [2.45, 2.75) is 25.8 Å². The van der Waals surface area contributed by atoms with E-state index in [-0.39, 0.29) is 5.91 Å². The predicted molar refractivity (Wildman–Crippen MR) is 107 cm³/mol. The fraction of sp³-hybridized carbons (Fsp3) is 0.455. The van der Waals surface area contributed by atoms with Crippen LogP contribution in [0.5, 0.6) is 0 Å². The second-order valence-corrected chi connectivity index (χ2v) is 7.61. The fourth-order valence-corrected chi connectivity index (χ4v) is 4.14. The highest BCUT2D eigenvalue weighted by molar-refractivity contribution is 5.96.